The Kier molecular flexibility index (Phi) is 11.3. The molecule has 0 spiro atoms. The maximum Gasteiger partial charge on any atom is 0.319 e. The number of nitrogens with two attached hydrogens (primary N) is 2. The van der Waals surface area contributed by atoms with Crippen LogP contribution in [0.3, 0.4) is 0 Å². The molecule has 0 aliphatic rings. The van der Waals surface area contributed by atoms with E-state index in [4.69, 9.17) is 11.5 Å². The Balaban J connectivity index is 0.000000185. The number of aromatic nitrogens is 10. The van der Waals surface area contributed by atoms with Crippen molar-refractivity contribution in [2.45, 2.75) is 62.4 Å². The molecule has 7 N–H and O–H groups in total. The SMILES string of the molecule is CC(C)(C)N.Cn1nc(-c2cnc3[nH]cc(C(=O)NC(C)(C)C)c3n2)c2cc(S(C)(=O)=O)ccc21.[CH2+]S(=O)(=O)c1ccc2c(c1)c(-c1cnc3[nH]cc(C(N)=O)c3n1)nn2C. The number of aromatic amines is 2. The second-order valence-electron chi connectivity index (χ2n) is 16.4. The molecular weight excluding hydrogens is 823 g/mol. The van der Waals surface area contributed by atoms with Crippen LogP contribution in [0, 0.1) is 6.26 Å². The largest absolute Gasteiger partial charge is 0.365 e. The van der Waals surface area contributed by atoms with Gasteiger partial charge in [0, 0.05) is 54.6 Å². The second kappa shape index (κ2) is 15.7. The van der Waals surface area contributed by atoms with Gasteiger partial charge in [-0.15, -0.1) is 0 Å². The van der Waals surface area contributed by atoms with E-state index >= 15 is 0 Å². The van der Waals surface area contributed by atoms with Gasteiger partial charge in [0.15, 0.2) is 27.4 Å². The van der Waals surface area contributed by atoms with E-state index in [1.165, 1.54) is 24.5 Å². The molecule has 0 fully saturated rings. The first-order chi connectivity index (χ1) is 28.2. The molecule has 0 saturated carbocycles. The molecule has 61 heavy (non-hydrogen) atoms. The van der Waals surface area contributed by atoms with Crippen LogP contribution >= 0.6 is 0 Å². The number of nitrogens with one attached hydrogen (secondary N) is 3. The molecule has 0 bridgehead atoms. The number of primary amides is 1. The van der Waals surface area contributed by atoms with E-state index in [2.05, 4.69) is 51.7 Å². The van der Waals surface area contributed by atoms with E-state index < -0.39 is 31.1 Å². The number of aryl methyl sites for hydroxylation is 2. The summed E-state index contributed by atoms with van der Waals surface area (Å²) in [7, 11) is -3.48. The zero-order valence-electron chi connectivity index (χ0n) is 35.0. The van der Waals surface area contributed by atoms with E-state index in [1.807, 2.05) is 41.5 Å². The van der Waals surface area contributed by atoms with Crippen LogP contribution in [0.4, 0.5) is 0 Å². The molecule has 19 nitrogen and oxygen atoms in total. The normalized spacial score (nSPS) is 12.3. The summed E-state index contributed by atoms with van der Waals surface area (Å²) in [5.74, 6) is -0.885. The van der Waals surface area contributed by atoms with Gasteiger partial charge in [-0.2, -0.15) is 18.6 Å². The van der Waals surface area contributed by atoms with Crippen LogP contribution in [-0.4, -0.2) is 95.4 Å². The van der Waals surface area contributed by atoms with Crippen molar-refractivity contribution in [3.8, 4) is 22.8 Å². The Bertz CT molecular complexity index is 3230. The first-order valence-corrected chi connectivity index (χ1v) is 22.1. The molecule has 0 atom stereocenters. The van der Waals surface area contributed by atoms with Gasteiger partial charge in [-0.25, -0.2) is 28.4 Å². The first kappa shape index (κ1) is 43.9. The van der Waals surface area contributed by atoms with Crippen LogP contribution < -0.4 is 16.8 Å². The van der Waals surface area contributed by atoms with Gasteiger partial charge in [-0.05, 0) is 77.9 Å². The summed E-state index contributed by atoms with van der Waals surface area (Å²) < 4.78 is 50.8. The quantitative estimate of drug-likeness (QED) is 0.145. The molecule has 2 amide bonds. The lowest BCUT2D eigenvalue weighted by atomic mass is 10.1. The molecule has 0 unspecified atom stereocenters. The minimum atomic E-state index is -3.62. The van der Waals surface area contributed by atoms with E-state index in [9.17, 15) is 26.4 Å². The van der Waals surface area contributed by atoms with E-state index in [1.54, 1.807) is 60.1 Å². The average Bonchev–Trinajstić information content (AvgIpc) is 3.92. The Hall–Kier alpha value is -6.71. The third-order valence-electron chi connectivity index (χ3n) is 8.68. The molecule has 6 aromatic heterocycles. The summed E-state index contributed by atoms with van der Waals surface area (Å²) in [5.41, 5.74) is 15.8. The number of carbonyl (C=O) groups excluding carboxylic acids is 2. The summed E-state index contributed by atoms with van der Waals surface area (Å²) >= 11 is 0. The van der Waals surface area contributed by atoms with Crippen molar-refractivity contribution in [1.29, 1.82) is 0 Å². The van der Waals surface area contributed by atoms with Crippen molar-refractivity contribution in [2.75, 3.05) is 6.26 Å². The Morgan fingerprint density at radius 3 is 1.59 bits per heavy atom. The van der Waals surface area contributed by atoms with Gasteiger partial charge < -0.3 is 26.8 Å². The predicted octanol–water partition coefficient (Wildman–Crippen LogP) is 4.36. The third kappa shape index (κ3) is 9.69. The van der Waals surface area contributed by atoms with Crippen LogP contribution in [0.2, 0.25) is 0 Å². The molecular formula is C40H46N13O6S2+. The molecule has 0 saturated heterocycles. The lowest BCUT2D eigenvalue weighted by Crippen LogP contribution is -2.40. The number of nitrogens with zero attached hydrogens (tertiary/aromatic N) is 8. The predicted molar refractivity (Wildman–Crippen MR) is 233 cm³/mol. The maximum atomic E-state index is 12.7. The van der Waals surface area contributed by atoms with Crippen molar-refractivity contribution >= 4 is 75.6 Å². The van der Waals surface area contributed by atoms with Crippen molar-refractivity contribution in [3.63, 3.8) is 0 Å². The number of amides is 2. The number of hydrogen-bond donors (Lipinski definition) is 5. The molecule has 0 aliphatic carbocycles. The molecule has 0 radical (unpaired) electrons. The van der Waals surface area contributed by atoms with Gasteiger partial charge in [-0.1, -0.05) is 0 Å². The van der Waals surface area contributed by atoms with Crippen LogP contribution in [0.25, 0.3) is 66.9 Å². The van der Waals surface area contributed by atoms with Crippen molar-refractivity contribution < 1.29 is 26.4 Å². The number of carbonyl (C=O) groups is 2. The summed E-state index contributed by atoms with van der Waals surface area (Å²) in [6.07, 6.45) is 10.4. The van der Waals surface area contributed by atoms with Crippen molar-refractivity contribution in [1.82, 2.24) is 54.8 Å². The highest BCUT2D eigenvalue weighted by Crippen LogP contribution is 2.31. The Morgan fingerprint density at radius 1 is 0.738 bits per heavy atom. The molecule has 2 aromatic carbocycles. The fraction of sp³-hybridized carbons (Fsp3) is 0.275. The standard InChI is InChI=1S/C20H22N6O3S.C16H12N6O3S.C4H11N/c1-20(2,3)24-19(27)13-9-21-18-17(13)23-14(10-22-18)16-12-8-11(30(5,28)29)6-7-15(12)26(4)25-16;1-22-12-4-3-8(26(2,24)25)5-9(12)13(21-22)11-7-19-16-14(20-11)10(6-18-16)15(17)23;1-4(2,3)5/h6-10H,1-5H3,(H,21,22)(H,24,27);3-7H,2H2,1H3,(H2-,17,18,19,20,21,23);5H2,1-3H3/p+1. The van der Waals surface area contributed by atoms with E-state index in [0.717, 1.165) is 17.3 Å². The number of H-pyrrole nitrogens is 2. The van der Waals surface area contributed by atoms with E-state index in [-0.39, 0.29) is 26.8 Å². The second-order valence-corrected chi connectivity index (χ2v) is 20.1. The Morgan fingerprint density at radius 2 is 1.16 bits per heavy atom. The first-order valence-electron chi connectivity index (χ1n) is 18.5. The van der Waals surface area contributed by atoms with Crippen molar-refractivity contribution in [2.24, 2.45) is 25.6 Å². The minimum Gasteiger partial charge on any atom is -0.365 e. The average molecular weight is 869 g/mol. The van der Waals surface area contributed by atoms with Gasteiger partial charge in [0.25, 0.3) is 11.8 Å². The zero-order chi connectivity index (χ0) is 45.0. The molecule has 318 valence electrons. The number of benzene rings is 2. The van der Waals surface area contributed by atoms with Crippen LogP contribution in [0.5, 0.6) is 0 Å². The van der Waals surface area contributed by atoms with Gasteiger partial charge in [0.05, 0.1) is 39.4 Å². The topological polar surface area (TPSA) is 285 Å². The van der Waals surface area contributed by atoms with Gasteiger partial charge >= 0.3 is 9.84 Å². The van der Waals surface area contributed by atoms with Gasteiger partial charge in [0.2, 0.25) is 0 Å². The minimum absolute atomic E-state index is 0. The zero-order valence-corrected chi connectivity index (χ0v) is 36.6. The smallest absolute Gasteiger partial charge is 0.319 e. The molecule has 21 heteroatoms. The molecule has 8 aromatic rings. The highest BCUT2D eigenvalue weighted by Gasteiger charge is 2.23. The van der Waals surface area contributed by atoms with Crippen LogP contribution in [-0.2, 0) is 33.8 Å². The fourth-order valence-electron chi connectivity index (χ4n) is 6.07. The fourth-order valence-corrected chi connectivity index (χ4v) is 7.29. The van der Waals surface area contributed by atoms with Crippen LogP contribution in [0.15, 0.2) is 71.0 Å². The molecule has 0 aliphatic heterocycles. The highest BCUT2D eigenvalue weighted by molar-refractivity contribution is 7.92. The summed E-state index contributed by atoms with van der Waals surface area (Å²) in [4.78, 5) is 48.0. The van der Waals surface area contributed by atoms with Crippen molar-refractivity contribution in [3.05, 3.63) is 78.6 Å². The lowest BCUT2D eigenvalue weighted by Gasteiger charge is -2.19. The summed E-state index contributed by atoms with van der Waals surface area (Å²) in [5, 5.41) is 13.1. The summed E-state index contributed by atoms with van der Waals surface area (Å²) in [6.45, 7) is 11.6. The maximum absolute atomic E-state index is 12.7. The molecule has 6 heterocycles. The molecule has 8 rings (SSSR count). The number of fused-ring (bicyclic) bond motifs is 4. The lowest BCUT2D eigenvalue weighted by molar-refractivity contribution is 0.0920. The van der Waals surface area contributed by atoms with E-state index in [0.29, 0.717) is 61.4 Å². The number of hydrogen-bond acceptors (Lipinski definition) is 13. The monoisotopic (exact) mass is 868 g/mol. The number of sulfone groups is 2. The Labute approximate surface area is 351 Å². The van der Waals surface area contributed by atoms with Gasteiger partial charge in [-0.3, -0.25) is 19.0 Å². The highest BCUT2D eigenvalue weighted by atomic mass is 32.2. The summed E-state index contributed by atoms with van der Waals surface area (Å²) in [6, 6.07) is 9.48. The van der Waals surface area contributed by atoms with Crippen LogP contribution in [0.1, 0.15) is 62.3 Å². The third-order valence-corrected chi connectivity index (χ3v) is 10.8. The van der Waals surface area contributed by atoms with Gasteiger partial charge in [0.1, 0.15) is 38.7 Å². The number of rotatable bonds is 6.